The van der Waals surface area contributed by atoms with Crippen molar-refractivity contribution in [3.63, 3.8) is 0 Å². The second-order valence-corrected chi connectivity index (χ2v) is 2.62. The zero-order chi connectivity index (χ0) is 10.9. The van der Waals surface area contributed by atoms with Gasteiger partial charge < -0.3 is 16.2 Å². The van der Waals surface area contributed by atoms with Crippen molar-refractivity contribution < 1.29 is 17.9 Å². The number of halogens is 3. The van der Waals surface area contributed by atoms with Crippen LogP contribution in [0, 0.1) is 6.92 Å². The number of ether oxygens (including phenoxy) is 1. The van der Waals surface area contributed by atoms with Gasteiger partial charge in [0.05, 0.1) is 5.69 Å². The van der Waals surface area contributed by atoms with Gasteiger partial charge in [-0.05, 0) is 12.5 Å². The highest BCUT2D eigenvalue weighted by molar-refractivity contribution is 5.71. The first-order valence-corrected chi connectivity index (χ1v) is 3.57. The normalized spacial score (nSPS) is 11.4. The minimum Gasteiger partial charge on any atom is -0.397 e. The molecule has 1 aromatic heterocycles. The van der Waals surface area contributed by atoms with Gasteiger partial charge in [-0.1, -0.05) is 0 Å². The lowest BCUT2D eigenvalue weighted by Crippen LogP contribution is -2.19. The summed E-state index contributed by atoms with van der Waals surface area (Å²) in [5, 5.41) is 0. The standard InChI is InChI=1S/C7H8F3N3O/c1-3-2-13-6(5(12)4(3)11)14-7(8,9)10/h2H,12H2,1H3,(H2,11,13). The highest BCUT2D eigenvalue weighted by atomic mass is 19.4. The molecule has 14 heavy (non-hydrogen) atoms. The van der Waals surface area contributed by atoms with E-state index >= 15 is 0 Å². The molecule has 0 saturated carbocycles. The number of alkyl halides is 3. The van der Waals surface area contributed by atoms with Gasteiger partial charge in [0.2, 0.25) is 5.88 Å². The summed E-state index contributed by atoms with van der Waals surface area (Å²) in [6, 6.07) is 0. The SMILES string of the molecule is Cc1cnc(OC(F)(F)F)c(N)c1N. The summed E-state index contributed by atoms with van der Waals surface area (Å²) in [6.07, 6.45) is -3.66. The molecule has 0 bridgehead atoms. The second-order valence-electron chi connectivity index (χ2n) is 2.62. The quantitative estimate of drug-likeness (QED) is 0.730. The number of rotatable bonds is 1. The molecule has 1 aromatic rings. The third-order valence-electron chi connectivity index (χ3n) is 1.53. The number of aryl methyl sites for hydroxylation is 1. The van der Waals surface area contributed by atoms with E-state index in [0.717, 1.165) is 6.20 Å². The number of pyridine rings is 1. The fraction of sp³-hybridized carbons (Fsp3) is 0.286. The Labute approximate surface area is 77.7 Å². The summed E-state index contributed by atoms with van der Waals surface area (Å²) in [5.74, 6) is -0.722. The number of nitrogens with two attached hydrogens (primary N) is 2. The Kier molecular flexibility index (Phi) is 2.41. The largest absolute Gasteiger partial charge is 0.574 e. The maximum Gasteiger partial charge on any atom is 0.574 e. The fourth-order valence-electron chi connectivity index (χ4n) is 0.813. The monoisotopic (exact) mass is 207 g/mol. The predicted molar refractivity (Wildman–Crippen MR) is 44.5 cm³/mol. The molecule has 0 fully saturated rings. The lowest BCUT2D eigenvalue weighted by molar-refractivity contribution is -0.275. The van der Waals surface area contributed by atoms with Gasteiger partial charge in [0, 0.05) is 6.20 Å². The number of nitrogens with zero attached hydrogens (tertiary/aromatic N) is 1. The molecule has 0 aromatic carbocycles. The molecule has 0 spiro atoms. The van der Waals surface area contributed by atoms with Crippen LogP contribution in [0.1, 0.15) is 5.56 Å². The average Bonchev–Trinajstić information content (AvgIpc) is 2.04. The number of nitrogen functional groups attached to an aromatic ring is 2. The van der Waals surface area contributed by atoms with Gasteiger partial charge in [-0.3, -0.25) is 0 Å². The second kappa shape index (κ2) is 3.24. The van der Waals surface area contributed by atoms with Crippen LogP contribution in [0.25, 0.3) is 0 Å². The lowest BCUT2D eigenvalue weighted by atomic mass is 10.2. The van der Waals surface area contributed by atoms with Crippen LogP contribution in [0.4, 0.5) is 24.5 Å². The summed E-state index contributed by atoms with van der Waals surface area (Å²) in [7, 11) is 0. The number of hydrogen-bond donors (Lipinski definition) is 2. The van der Waals surface area contributed by atoms with Crippen molar-refractivity contribution >= 4 is 11.4 Å². The molecule has 4 N–H and O–H groups in total. The molecule has 0 aliphatic heterocycles. The van der Waals surface area contributed by atoms with Gasteiger partial charge in [-0.2, -0.15) is 0 Å². The Bertz CT molecular complexity index is 351. The van der Waals surface area contributed by atoms with Crippen molar-refractivity contribution in [3.05, 3.63) is 11.8 Å². The van der Waals surface area contributed by atoms with Crippen molar-refractivity contribution in [2.75, 3.05) is 11.5 Å². The molecule has 0 atom stereocenters. The van der Waals surface area contributed by atoms with E-state index < -0.39 is 12.2 Å². The summed E-state index contributed by atoms with van der Waals surface area (Å²) in [4.78, 5) is 3.38. The topological polar surface area (TPSA) is 74.2 Å². The van der Waals surface area contributed by atoms with Crippen molar-refractivity contribution in [2.24, 2.45) is 0 Å². The first-order valence-electron chi connectivity index (χ1n) is 3.57. The summed E-state index contributed by atoms with van der Waals surface area (Å²) >= 11 is 0. The third kappa shape index (κ3) is 2.18. The first-order chi connectivity index (χ1) is 6.31. The van der Waals surface area contributed by atoms with Crippen LogP contribution < -0.4 is 16.2 Å². The molecule has 0 saturated heterocycles. The molecule has 1 heterocycles. The zero-order valence-electron chi connectivity index (χ0n) is 7.22. The Morgan fingerprint density at radius 3 is 2.36 bits per heavy atom. The highest BCUT2D eigenvalue weighted by Crippen LogP contribution is 2.31. The maximum absolute atomic E-state index is 11.8. The van der Waals surface area contributed by atoms with E-state index in [1.54, 1.807) is 6.92 Å². The predicted octanol–water partition coefficient (Wildman–Crippen LogP) is 1.45. The van der Waals surface area contributed by atoms with E-state index in [0.29, 0.717) is 5.56 Å². The van der Waals surface area contributed by atoms with Crippen LogP contribution in [0.2, 0.25) is 0 Å². The Morgan fingerprint density at radius 1 is 1.29 bits per heavy atom. The van der Waals surface area contributed by atoms with Crippen LogP contribution >= 0.6 is 0 Å². The Hall–Kier alpha value is -1.66. The summed E-state index contributed by atoms with van der Waals surface area (Å²) in [5.41, 5.74) is 10.9. The van der Waals surface area contributed by atoms with E-state index in [1.807, 2.05) is 0 Å². The van der Waals surface area contributed by atoms with Gasteiger partial charge >= 0.3 is 6.36 Å². The molecule has 0 aliphatic rings. The molecule has 0 radical (unpaired) electrons. The minimum atomic E-state index is -4.82. The Balaban J connectivity index is 3.06. The van der Waals surface area contributed by atoms with Crippen LogP contribution in [0.3, 0.4) is 0 Å². The molecule has 1 rings (SSSR count). The van der Waals surface area contributed by atoms with Crippen molar-refractivity contribution in [1.82, 2.24) is 4.98 Å². The lowest BCUT2D eigenvalue weighted by Gasteiger charge is -2.11. The molecular weight excluding hydrogens is 199 g/mol. The van der Waals surface area contributed by atoms with Gasteiger partial charge in [0.15, 0.2) is 0 Å². The molecule has 0 amide bonds. The minimum absolute atomic E-state index is 0.0410. The number of anilines is 2. The first kappa shape index (κ1) is 10.4. The third-order valence-corrected chi connectivity index (χ3v) is 1.53. The number of hydrogen-bond acceptors (Lipinski definition) is 4. The molecule has 0 unspecified atom stereocenters. The van der Waals surface area contributed by atoms with E-state index in [4.69, 9.17) is 11.5 Å². The smallest absolute Gasteiger partial charge is 0.397 e. The van der Waals surface area contributed by atoms with Gasteiger partial charge in [0.25, 0.3) is 0 Å². The van der Waals surface area contributed by atoms with Crippen molar-refractivity contribution in [1.29, 1.82) is 0 Å². The molecule has 4 nitrogen and oxygen atoms in total. The Morgan fingerprint density at radius 2 is 1.86 bits per heavy atom. The van der Waals surface area contributed by atoms with E-state index in [-0.39, 0.29) is 11.4 Å². The molecule has 7 heteroatoms. The maximum atomic E-state index is 11.8. The molecule has 78 valence electrons. The van der Waals surface area contributed by atoms with Gasteiger partial charge in [-0.25, -0.2) is 4.98 Å². The van der Waals surface area contributed by atoms with Crippen LogP contribution in [-0.4, -0.2) is 11.3 Å². The van der Waals surface area contributed by atoms with E-state index in [2.05, 4.69) is 9.72 Å². The number of aromatic nitrogens is 1. The summed E-state index contributed by atoms with van der Waals surface area (Å²) < 4.78 is 38.9. The molecular formula is C7H8F3N3O. The van der Waals surface area contributed by atoms with Crippen molar-refractivity contribution in [3.8, 4) is 5.88 Å². The van der Waals surface area contributed by atoms with E-state index in [1.165, 1.54) is 0 Å². The van der Waals surface area contributed by atoms with Crippen molar-refractivity contribution in [2.45, 2.75) is 13.3 Å². The van der Waals surface area contributed by atoms with E-state index in [9.17, 15) is 13.2 Å². The zero-order valence-corrected chi connectivity index (χ0v) is 7.22. The summed E-state index contributed by atoms with van der Waals surface area (Å²) in [6.45, 7) is 1.58. The van der Waals surface area contributed by atoms with Crippen LogP contribution in [0.5, 0.6) is 5.88 Å². The highest BCUT2D eigenvalue weighted by Gasteiger charge is 2.33. The fourth-order valence-corrected chi connectivity index (χ4v) is 0.813. The average molecular weight is 207 g/mol. The van der Waals surface area contributed by atoms with Gasteiger partial charge in [-0.15, -0.1) is 13.2 Å². The molecule has 0 aliphatic carbocycles. The van der Waals surface area contributed by atoms with Crippen LogP contribution in [0.15, 0.2) is 6.20 Å². The van der Waals surface area contributed by atoms with Crippen LogP contribution in [-0.2, 0) is 0 Å². The van der Waals surface area contributed by atoms with Gasteiger partial charge in [0.1, 0.15) is 5.69 Å².